The Morgan fingerprint density at radius 1 is 1.06 bits per heavy atom. The predicted molar refractivity (Wildman–Crippen MR) is 142 cm³/mol. The number of carbonyl (C=O) groups excluding carboxylic acids is 1. The van der Waals surface area contributed by atoms with Crippen LogP contribution in [-0.2, 0) is 4.79 Å². The first-order valence-corrected chi connectivity index (χ1v) is 11.6. The Kier molecular flexibility index (Phi) is 7.07. The number of halogens is 2. The van der Waals surface area contributed by atoms with Gasteiger partial charge >= 0.3 is 0 Å². The number of aryl methyl sites for hydroxylation is 3. The number of amides is 1. The van der Waals surface area contributed by atoms with E-state index in [1.54, 1.807) is 6.07 Å². The van der Waals surface area contributed by atoms with Crippen LogP contribution < -0.4 is 15.4 Å². The molecule has 3 aromatic carbocycles. The molecule has 0 radical (unpaired) electrons. The number of nitrogens with one attached hydrogen (secondary N) is 3. The molecule has 9 heteroatoms. The molecular formula is C25H22Cl2N4O2S. The van der Waals surface area contributed by atoms with Crippen molar-refractivity contribution in [2.45, 2.75) is 20.8 Å². The molecule has 3 N–H and O–H groups in total. The second-order valence-corrected chi connectivity index (χ2v) is 9.19. The SMILES string of the molecule is Cc1cc(C)c(OCC(=O)NC(=S)Nc2cccc(-c3nc4cc(Cl)c(C)cc4[nH]3)c2)c(Cl)c1. The summed E-state index contributed by atoms with van der Waals surface area (Å²) in [7, 11) is 0. The third-order valence-electron chi connectivity index (χ3n) is 5.13. The van der Waals surface area contributed by atoms with E-state index in [0.29, 0.717) is 27.3 Å². The molecule has 0 fully saturated rings. The van der Waals surface area contributed by atoms with Crippen LogP contribution in [0.5, 0.6) is 5.75 Å². The van der Waals surface area contributed by atoms with Crippen molar-refractivity contribution < 1.29 is 9.53 Å². The van der Waals surface area contributed by atoms with Crippen molar-refractivity contribution in [1.29, 1.82) is 0 Å². The highest BCUT2D eigenvalue weighted by Gasteiger charge is 2.12. The molecule has 1 heterocycles. The molecule has 0 bridgehead atoms. The number of hydrogen-bond acceptors (Lipinski definition) is 4. The van der Waals surface area contributed by atoms with Crippen LogP contribution in [0.1, 0.15) is 16.7 Å². The summed E-state index contributed by atoms with van der Waals surface area (Å²) in [6.45, 7) is 5.55. The predicted octanol–water partition coefficient (Wildman–Crippen LogP) is 6.35. The molecule has 4 rings (SSSR count). The van der Waals surface area contributed by atoms with Gasteiger partial charge in [0.1, 0.15) is 11.6 Å². The van der Waals surface area contributed by atoms with Gasteiger partial charge in [-0.3, -0.25) is 10.1 Å². The van der Waals surface area contributed by atoms with Crippen molar-refractivity contribution in [2.75, 3.05) is 11.9 Å². The van der Waals surface area contributed by atoms with E-state index in [2.05, 4.69) is 20.6 Å². The number of hydrogen-bond donors (Lipinski definition) is 3. The molecule has 0 aliphatic carbocycles. The molecular weight excluding hydrogens is 491 g/mol. The van der Waals surface area contributed by atoms with Gasteiger partial charge in [0.2, 0.25) is 0 Å². The maximum Gasteiger partial charge on any atom is 0.264 e. The fourth-order valence-electron chi connectivity index (χ4n) is 3.57. The van der Waals surface area contributed by atoms with Gasteiger partial charge in [-0.25, -0.2) is 4.98 Å². The maximum atomic E-state index is 12.3. The van der Waals surface area contributed by atoms with Crippen LogP contribution in [0.15, 0.2) is 48.5 Å². The van der Waals surface area contributed by atoms with Crippen LogP contribution in [0.4, 0.5) is 5.69 Å². The maximum absolute atomic E-state index is 12.3. The molecule has 34 heavy (non-hydrogen) atoms. The summed E-state index contributed by atoms with van der Waals surface area (Å²) >= 11 is 17.7. The van der Waals surface area contributed by atoms with E-state index in [-0.39, 0.29) is 11.7 Å². The van der Waals surface area contributed by atoms with E-state index in [1.807, 2.05) is 63.2 Å². The second-order valence-electron chi connectivity index (χ2n) is 7.97. The molecule has 0 aliphatic heterocycles. The van der Waals surface area contributed by atoms with Gasteiger partial charge < -0.3 is 15.0 Å². The van der Waals surface area contributed by atoms with E-state index >= 15 is 0 Å². The van der Waals surface area contributed by atoms with Crippen LogP contribution in [0.3, 0.4) is 0 Å². The number of imidazole rings is 1. The van der Waals surface area contributed by atoms with Gasteiger partial charge in [-0.15, -0.1) is 0 Å². The molecule has 0 atom stereocenters. The zero-order chi connectivity index (χ0) is 24.4. The molecule has 0 unspecified atom stereocenters. The average Bonchev–Trinajstić information content (AvgIpc) is 3.16. The molecule has 0 saturated heterocycles. The van der Waals surface area contributed by atoms with Crippen molar-refractivity contribution >= 4 is 63.2 Å². The number of anilines is 1. The summed E-state index contributed by atoms with van der Waals surface area (Å²) < 4.78 is 5.60. The molecule has 0 saturated carbocycles. The van der Waals surface area contributed by atoms with Gasteiger partial charge in [0.25, 0.3) is 5.91 Å². The number of H-pyrrole nitrogens is 1. The number of carbonyl (C=O) groups is 1. The van der Waals surface area contributed by atoms with Gasteiger partial charge in [-0.2, -0.15) is 0 Å². The van der Waals surface area contributed by atoms with E-state index < -0.39 is 5.91 Å². The summed E-state index contributed by atoms with van der Waals surface area (Å²) in [5.74, 6) is 0.791. The lowest BCUT2D eigenvalue weighted by atomic mass is 10.1. The van der Waals surface area contributed by atoms with E-state index in [9.17, 15) is 4.79 Å². The first kappa shape index (κ1) is 24.0. The molecule has 0 aliphatic rings. The highest BCUT2D eigenvalue weighted by Crippen LogP contribution is 2.30. The number of nitrogens with zero attached hydrogens (tertiary/aromatic N) is 1. The van der Waals surface area contributed by atoms with Crippen LogP contribution in [0.2, 0.25) is 10.0 Å². The Balaban J connectivity index is 1.39. The number of aromatic nitrogens is 2. The van der Waals surface area contributed by atoms with E-state index in [4.69, 9.17) is 40.2 Å². The minimum atomic E-state index is -0.394. The number of benzene rings is 3. The first-order valence-electron chi connectivity index (χ1n) is 10.5. The standard InChI is InChI=1S/C25H22Cl2N4O2S/c1-13-7-15(3)23(19(27)8-13)33-12-22(32)31-25(34)28-17-6-4-5-16(10-17)24-29-20-9-14(2)18(26)11-21(20)30-24/h4-11H,12H2,1-3H3,(H,29,30)(H2,28,31,32,34). The lowest BCUT2D eigenvalue weighted by Crippen LogP contribution is -2.37. The van der Waals surface area contributed by atoms with E-state index in [1.165, 1.54) is 0 Å². The molecule has 4 aromatic rings. The van der Waals surface area contributed by atoms with Crippen molar-refractivity contribution in [3.05, 3.63) is 75.3 Å². The highest BCUT2D eigenvalue weighted by atomic mass is 35.5. The Bertz CT molecular complexity index is 1360. The third kappa shape index (κ3) is 5.50. The zero-order valence-electron chi connectivity index (χ0n) is 18.8. The van der Waals surface area contributed by atoms with Gasteiger partial charge in [0.15, 0.2) is 11.7 Å². The van der Waals surface area contributed by atoms with Crippen molar-refractivity contribution in [1.82, 2.24) is 15.3 Å². The molecule has 1 aromatic heterocycles. The fraction of sp³-hybridized carbons (Fsp3) is 0.160. The lowest BCUT2D eigenvalue weighted by Gasteiger charge is -2.13. The Hall–Kier alpha value is -3.13. The summed E-state index contributed by atoms with van der Waals surface area (Å²) in [5, 5.41) is 6.93. The quantitative estimate of drug-likeness (QED) is 0.271. The van der Waals surface area contributed by atoms with Gasteiger partial charge in [0.05, 0.1) is 16.1 Å². The van der Waals surface area contributed by atoms with Crippen LogP contribution in [-0.4, -0.2) is 27.6 Å². The highest BCUT2D eigenvalue weighted by molar-refractivity contribution is 7.80. The first-order chi connectivity index (χ1) is 16.2. The van der Waals surface area contributed by atoms with Crippen LogP contribution in [0.25, 0.3) is 22.4 Å². The molecule has 174 valence electrons. The summed E-state index contributed by atoms with van der Waals surface area (Å²) in [6, 6.07) is 15.1. The number of rotatable bonds is 5. The number of aromatic amines is 1. The smallest absolute Gasteiger partial charge is 0.264 e. The largest absolute Gasteiger partial charge is 0.482 e. The van der Waals surface area contributed by atoms with Gasteiger partial charge in [-0.05, 0) is 80.0 Å². The minimum absolute atomic E-state index is 0.157. The third-order valence-corrected chi connectivity index (χ3v) is 6.02. The number of thiocarbonyl (C=S) groups is 1. The number of fused-ring (bicyclic) bond motifs is 1. The van der Waals surface area contributed by atoms with Gasteiger partial charge in [-0.1, -0.05) is 41.4 Å². The number of ether oxygens (including phenoxy) is 1. The summed E-state index contributed by atoms with van der Waals surface area (Å²) in [6.07, 6.45) is 0. The summed E-state index contributed by atoms with van der Waals surface area (Å²) in [4.78, 5) is 20.3. The average molecular weight is 513 g/mol. The normalized spacial score (nSPS) is 10.9. The second kappa shape index (κ2) is 10.0. The van der Waals surface area contributed by atoms with Crippen molar-refractivity contribution in [3.63, 3.8) is 0 Å². The van der Waals surface area contributed by atoms with Crippen LogP contribution in [0, 0.1) is 20.8 Å². The Labute approximate surface area is 212 Å². The lowest BCUT2D eigenvalue weighted by molar-refractivity contribution is -0.121. The van der Waals surface area contributed by atoms with Crippen molar-refractivity contribution in [3.8, 4) is 17.1 Å². The van der Waals surface area contributed by atoms with Crippen LogP contribution >= 0.6 is 35.4 Å². The minimum Gasteiger partial charge on any atom is -0.482 e. The molecule has 1 amide bonds. The van der Waals surface area contributed by atoms with E-state index in [0.717, 1.165) is 33.3 Å². The Morgan fingerprint density at radius 3 is 2.62 bits per heavy atom. The zero-order valence-corrected chi connectivity index (χ0v) is 21.1. The Morgan fingerprint density at radius 2 is 1.85 bits per heavy atom. The van der Waals surface area contributed by atoms with Gasteiger partial charge in [0, 0.05) is 16.3 Å². The molecule has 6 nitrogen and oxygen atoms in total. The molecule has 0 spiro atoms. The topological polar surface area (TPSA) is 79.0 Å². The fourth-order valence-corrected chi connectivity index (χ4v) is 4.33. The summed E-state index contributed by atoms with van der Waals surface area (Å²) in [5.41, 5.74) is 6.11. The monoisotopic (exact) mass is 512 g/mol. The van der Waals surface area contributed by atoms with Crippen molar-refractivity contribution in [2.24, 2.45) is 0 Å².